The number of hydrogen-bond donors (Lipinski definition) is 1. The number of allylic oxidation sites excluding steroid dienone is 1. The molecule has 1 unspecified atom stereocenters. The van der Waals surface area contributed by atoms with Crippen molar-refractivity contribution in [1.82, 2.24) is 10.3 Å². The van der Waals surface area contributed by atoms with Crippen LogP contribution >= 0.6 is 11.3 Å². The van der Waals surface area contributed by atoms with Gasteiger partial charge in [-0.15, -0.1) is 17.9 Å². The second-order valence-corrected chi connectivity index (χ2v) is 9.67. The molecule has 4 nitrogen and oxygen atoms in total. The SMILES string of the molecule is C=CC(C)(C)CCC(NC(=O)OC(C)(C)C)c1ccc(-c2scnc2C)cc1. The Labute approximate surface area is 173 Å². The van der Waals surface area contributed by atoms with Crippen molar-refractivity contribution in [3.8, 4) is 10.4 Å². The zero-order chi connectivity index (χ0) is 20.9. The highest BCUT2D eigenvalue weighted by Crippen LogP contribution is 2.32. The lowest BCUT2D eigenvalue weighted by Crippen LogP contribution is -2.35. The molecule has 0 bridgehead atoms. The minimum atomic E-state index is -0.525. The molecule has 152 valence electrons. The Morgan fingerprint density at radius 3 is 2.39 bits per heavy atom. The first-order chi connectivity index (χ1) is 13.0. The van der Waals surface area contributed by atoms with Crippen molar-refractivity contribution < 1.29 is 9.53 Å². The van der Waals surface area contributed by atoms with Crippen LogP contribution in [0.2, 0.25) is 0 Å². The normalized spacial score (nSPS) is 13.1. The molecule has 1 N–H and O–H groups in total. The second-order valence-electron chi connectivity index (χ2n) is 8.82. The molecule has 2 rings (SSSR count). The number of aryl methyl sites for hydroxylation is 1. The van der Waals surface area contributed by atoms with Gasteiger partial charge < -0.3 is 10.1 Å². The molecule has 2 aromatic rings. The quantitative estimate of drug-likeness (QED) is 0.528. The van der Waals surface area contributed by atoms with Crippen molar-refractivity contribution in [3.63, 3.8) is 0 Å². The van der Waals surface area contributed by atoms with Gasteiger partial charge in [0.05, 0.1) is 22.1 Å². The van der Waals surface area contributed by atoms with Crippen LogP contribution in [0.15, 0.2) is 42.4 Å². The second kappa shape index (κ2) is 8.91. The number of benzene rings is 1. The van der Waals surface area contributed by atoms with Crippen molar-refractivity contribution in [3.05, 3.63) is 53.7 Å². The van der Waals surface area contributed by atoms with Crippen molar-refractivity contribution in [2.24, 2.45) is 5.41 Å². The monoisotopic (exact) mass is 400 g/mol. The van der Waals surface area contributed by atoms with Crippen molar-refractivity contribution in [2.75, 3.05) is 0 Å². The molecule has 0 saturated heterocycles. The summed E-state index contributed by atoms with van der Waals surface area (Å²) >= 11 is 1.64. The molecular formula is C23H32N2O2S. The molecule has 0 saturated carbocycles. The van der Waals surface area contributed by atoms with E-state index in [0.29, 0.717) is 0 Å². The zero-order valence-electron chi connectivity index (χ0n) is 17.8. The Hall–Kier alpha value is -2.14. The van der Waals surface area contributed by atoms with Gasteiger partial charge in [0.1, 0.15) is 5.60 Å². The number of rotatable bonds is 7. The van der Waals surface area contributed by atoms with E-state index in [2.05, 4.69) is 55.0 Å². The first kappa shape index (κ1) is 22.2. The number of carbonyl (C=O) groups excluding carboxylic acids is 1. The molecule has 0 radical (unpaired) electrons. The van der Waals surface area contributed by atoms with Gasteiger partial charge in [0, 0.05) is 0 Å². The molecule has 1 aromatic carbocycles. The molecule has 0 fully saturated rings. The third-order valence-corrected chi connectivity index (χ3v) is 5.62. The Kier molecular flexibility index (Phi) is 7.05. The van der Waals surface area contributed by atoms with Crippen LogP contribution in [0.4, 0.5) is 4.79 Å². The van der Waals surface area contributed by atoms with E-state index in [-0.39, 0.29) is 11.5 Å². The summed E-state index contributed by atoms with van der Waals surface area (Å²) in [6, 6.07) is 8.23. The maximum atomic E-state index is 12.4. The minimum Gasteiger partial charge on any atom is -0.444 e. The Balaban J connectivity index is 2.20. The topological polar surface area (TPSA) is 51.2 Å². The molecule has 1 atom stereocenters. The van der Waals surface area contributed by atoms with E-state index in [1.165, 1.54) is 4.88 Å². The van der Waals surface area contributed by atoms with E-state index in [1.807, 2.05) is 39.3 Å². The molecule has 0 aliphatic carbocycles. The number of carbonyl (C=O) groups is 1. The number of alkyl carbamates (subject to hydrolysis) is 1. The van der Waals surface area contributed by atoms with Gasteiger partial charge in [-0.1, -0.05) is 44.2 Å². The zero-order valence-corrected chi connectivity index (χ0v) is 18.7. The lowest BCUT2D eigenvalue weighted by Gasteiger charge is -2.27. The summed E-state index contributed by atoms with van der Waals surface area (Å²) < 4.78 is 5.47. The van der Waals surface area contributed by atoms with Crippen LogP contribution < -0.4 is 5.32 Å². The molecule has 1 heterocycles. The van der Waals surface area contributed by atoms with Gasteiger partial charge in [-0.2, -0.15) is 0 Å². The number of hydrogen-bond acceptors (Lipinski definition) is 4. The first-order valence-electron chi connectivity index (χ1n) is 9.64. The predicted octanol–water partition coefficient (Wildman–Crippen LogP) is 6.68. The van der Waals surface area contributed by atoms with Gasteiger partial charge in [0.2, 0.25) is 0 Å². The van der Waals surface area contributed by atoms with Crippen molar-refractivity contribution in [1.29, 1.82) is 0 Å². The maximum absolute atomic E-state index is 12.4. The molecule has 1 aromatic heterocycles. The highest BCUT2D eigenvalue weighted by Gasteiger charge is 2.23. The molecule has 0 aliphatic rings. The third kappa shape index (κ3) is 6.48. The fraction of sp³-hybridized carbons (Fsp3) is 0.478. The lowest BCUT2D eigenvalue weighted by molar-refractivity contribution is 0.0498. The minimum absolute atomic E-state index is 0.00749. The van der Waals surface area contributed by atoms with E-state index in [4.69, 9.17) is 4.74 Å². The molecule has 0 aliphatic heterocycles. The van der Waals surface area contributed by atoms with E-state index in [0.717, 1.165) is 29.7 Å². The number of thiazole rings is 1. The maximum Gasteiger partial charge on any atom is 0.408 e. The largest absolute Gasteiger partial charge is 0.444 e. The van der Waals surface area contributed by atoms with E-state index < -0.39 is 11.7 Å². The van der Waals surface area contributed by atoms with E-state index >= 15 is 0 Å². The number of aromatic nitrogens is 1. The fourth-order valence-electron chi connectivity index (χ4n) is 2.84. The summed E-state index contributed by atoms with van der Waals surface area (Å²) in [7, 11) is 0. The number of nitrogens with zero attached hydrogens (tertiary/aromatic N) is 1. The lowest BCUT2D eigenvalue weighted by atomic mass is 9.85. The van der Waals surface area contributed by atoms with Gasteiger partial charge >= 0.3 is 6.09 Å². The Morgan fingerprint density at radius 2 is 1.89 bits per heavy atom. The summed E-state index contributed by atoms with van der Waals surface area (Å²) in [4.78, 5) is 17.9. The Bertz CT molecular complexity index is 801. The van der Waals surface area contributed by atoms with Gasteiger partial charge in [-0.05, 0) is 57.1 Å². The van der Waals surface area contributed by atoms with E-state index in [1.54, 1.807) is 11.3 Å². The van der Waals surface area contributed by atoms with Crippen LogP contribution in [0.5, 0.6) is 0 Å². The highest BCUT2D eigenvalue weighted by atomic mass is 32.1. The fourth-order valence-corrected chi connectivity index (χ4v) is 3.65. The van der Waals surface area contributed by atoms with Crippen LogP contribution in [0.3, 0.4) is 0 Å². The Morgan fingerprint density at radius 1 is 1.25 bits per heavy atom. The van der Waals surface area contributed by atoms with Crippen LogP contribution in [0.1, 0.15) is 64.8 Å². The summed E-state index contributed by atoms with van der Waals surface area (Å²) in [5.74, 6) is 0. The average molecular weight is 401 g/mol. The molecule has 28 heavy (non-hydrogen) atoms. The molecule has 5 heteroatoms. The van der Waals surface area contributed by atoms with Crippen molar-refractivity contribution in [2.45, 2.75) is 66.0 Å². The summed E-state index contributed by atoms with van der Waals surface area (Å²) in [6.45, 7) is 15.9. The van der Waals surface area contributed by atoms with Gasteiger partial charge in [0.15, 0.2) is 0 Å². The molecule has 0 spiro atoms. The van der Waals surface area contributed by atoms with Gasteiger partial charge in [0.25, 0.3) is 0 Å². The van der Waals surface area contributed by atoms with Crippen LogP contribution in [-0.2, 0) is 4.74 Å². The van der Waals surface area contributed by atoms with Gasteiger partial charge in [-0.3, -0.25) is 0 Å². The number of ether oxygens (including phenoxy) is 1. The summed E-state index contributed by atoms with van der Waals surface area (Å²) in [6.07, 6.45) is 3.29. The summed E-state index contributed by atoms with van der Waals surface area (Å²) in [5.41, 5.74) is 4.59. The number of nitrogens with one attached hydrogen (secondary N) is 1. The van der Waals surface area contributed by atoms with Crippen molar-refractivity contribution >= 4 is 17.4 Å². The average Bonchev–Trinajstić information content (AvgIpc) is 3.03. The smallest absolute Gasteiger partial charge is 0.408 e. The number of amides is 1. The highest BCUT2D eigenvalue weighted by molar-refractivity contribution is 7.13. The van der Waals surface area contributed by atoms with Crippen LogP contribution in [0.25, 0.3) is 10.4 Å². The molecule has 1 amide bonds. The first-order valence-corrected chi connectivity index (χ1v) is 10.5. The third-order valence-electron chi connectivity index (χ3n) is 4.64. The summed E-state index contributed by atoms with van der Waals surface area (Å²) in [5, 5.41) is 3.05. The predicted molar refractivity (Wildman–Crippen MR) is 118 cm³/mol. The van der Waals surface area contributed by atoms with Gasteiger partial charge in [-0.25, -0.2) is 9.78 Å². The van der Waals surface area contributed by atoms with Crippen LogP contribution in [0, 0.1) is 12.3 Å². The van der Waals surface area contributed by atoms with Crippen LogP contribution in [-0.4, -0.2) is 16.7 Å². The van der Waals surface area contributed by atoms with E-state index in [9.17, 15) is 4.79 Å². The molecular weight excluding hydrogens is 368 g/mol. The standard InChI is InChI=1S/C23H32N2O2S/c1-8-23(6,7)14-13-19(25-21(26)27-22(3,4)5)17-9-11-18(12-10-17)20-16(2)24-15-28-20/h8-12,15,19H,1,13-14H2,2-7H3,(H,25,26).